The molecule has 0 spiro atoms. The maximum absolute atomic E-state index is 12.3. The van der Waals surface area contributed by atoms with Gasteiger partial charge in [0.2, 0.25) is 0 Å². The second kappa shape index (κ2) is 7.88. The molecule has 0 aliphatic heterocycles. The molecule has 1 amide bonds. The van der Waals surface area contributed by atoms with Gasteiger partial charge in [-0.05, 0) is 24.6 Å². The van der Waals surface area contributed by atoms with E-state index in [2.05, 4.69) is 45.1 Å². The van der Waals surface area contributed by atoms with Crippen molar-refractivity contribution in [3.05, 3.63) is 76.1 Å². The van der Waals surface area contributed by atoms with Crippen LogP contribution in [0, 0.1) is 6.92 Å². The van der Waals surface area contributed by atoms with Gasteiger partial charge >= 0.3 is 5.97 Å². The fourth-order valence-corrected chi connectivity index (χ4v) is 3.24. The van der Waals surface area contributed by atoms with Crippen LogP contribution in [0.3, 0.4) is 0 Å². The highest BCUT2D eigenvalue weighted by Gasteiger charge is 2.12. The molecule has 26 heavy (non-hydrogen) atoms. The van der Waals surface area contributed by atoms with Crippen molar-refractivity contribution in [2.24, 2.45) is 0 Å². The lowest BCUT2D eigenvalue weighted by molar-refractivity contribution is 0.0600. The minimum atomic E-state index is -0.495. The fourth-order valence-electron chi connectivity index (χ4n) is 2.40. The highest BCUT2D eigenvalue weighted by atomic mass is 32.1. The van der Waals surface area contributed by atoms with Crippen molar-refractivity contribution in [2.75, 3.05) is 12.4 Å². The number of hydrogen-bond acceptors (Lipinski definition) is 6. The van der Waals surface area contributed by atoms with Gasteiger partial charge in [-0.3, -0.25) is 15.1 Å². The van der Waals surface area contributed by atoms with E-state index >= 15 is 0 Å². The predicted molar refractivity (Wildman–Crippen MR) is 99.6 cm³/mol. The maximum atomic E-state index is 12.3. The third kappa shape index (κ3) is 4.31. The van der Waals surface area contributed by atoms with E-state index in [0.717, 1.165) is 11.3 Å². The Kier molecular flexibility index (Phi) is 5.38. The van der Waals surface area contributed by atoms with Gasteiger partial charge in [-0.2, -0.15) is 0 Å². The number of carbonyl (C=O) groups is 2. The number of amides is 1. The number of methoxy groups -OCH3 is 1. The third-order valence-electron chi connectivity index (χ3n) is 3.65. The molecule has 0 aliphatic carbocycles. The summed E-state index contributed by atoms with van der Waals surface area (Å²) in [5.41, 5.74) is 2.90. The van der Waals surface area contributed by atoms with Crippen LogP contribution in [0.4, 0.5) is 5.13 Å². The number of esters is 1. The molecule has 7 heteroatoms. The van der Waals surface area contributed by atoms with Crippen LogP contribution >= 0.6 is 11.3 Å². The largest absolute Gasteiger partial charge is 0.465 e. The summed E-state index contributed by atoms with van der Waals surface area (Å²) < 4.78 is 4.60. The van der Waals surface area contributed by atoms with E-state index in [0.29, 0.717) is 10.7 Å². The molecule has 132 valence electrons. The number of nitrogens with one attached hydrogen (secondary N) is 1. The van der Waals surface area contributed by atoms with Crippen LogP contribution in [0.15, 0.2) is 48.8 Å². The van der Waals surface area contributed by atoms with Gasteiger partial charge in [-0.15, -0.1) is 11.3 Å². The molecule has 0 radical (unpaired) electrons. The summed E-state index contributed by atoms with van der Waals surface area (Å²) in [6, 6.07) is 11.3. The maximum Gasteiger partial charge on any atom is 0.339 e. The molecule has 1 N–H and O–H groups in total. The van der Waals surface area contributed by atoms with Gasteiger partial charge in [0.25, 0.3) is 5.91 Å². The zero-order valence-electron chi connectivity index (χ0n) is 14.4. The number of hydrogen-bond donors (Lipinski definition) is 1. The third-order valence-corrected chi connectivity index (χ3v) is 4.56. The summed E-state index contributed by atoms with van der Waals surface area (Å²) in [6.45, 7) is 2.06. The average molecular weight is 367 g/mol. The van der Waals surface area contributed by atoms with Crippen LogP contribution in [-0.4, -0.2) is 29.0 Å². The zero-order valence-corrected chi connectivity index (χ0v) is 15.2. The fraction of sp³-hybridized carbons (Fsp3) is 0.158. The van der Waals surface area contributed by atoms with Crippen molar-refractivity contribution in [3.63, 3.8) is 0 Å². The number of anilines is 1. The Hall–Kier alpha value is -3.06. The van der Waals surface area contributed by atoms with E-state index in [9.17, 15) is 9.59 Å². The Morgan fingerprint density at radius 3 is 2.69 bits per heavy atom. The van der Waals surface area contributed by atoms with E-state index in [1.807, 2.05) is 6.07 Å². The van der Waals surface area contributed by atoms with Crippen molar-refractivity contribution in [1.82, 2.24) is 9.97 Å². The van der Waals surface area contributed by atoms with Crippen LogP contribution in [-0.2, 0) is 11.2 Å². The van der Waals surface area contributed by atoms with Crippen molar-refractivity contribution in [1.29, 1.82) is 0 Å². The summed E-state index contributed by atoms with van der Waals surface area (Å²) in [5.74, 6) is -0.872. The normalized spacial score (nSPS) is 10.4. The minimum absolute atomic E-state index is 0.202. The molecular formula is C19H17N3O3S. The topological polar surface area (TPSA) is 81.2 Å². The van der Waals surface area contributed by atoms with Crippen LogP contribution in [0.25, 0.3) is 0 Å². The van der Waals surface area contributed by atoms with Crippen LogP contribution in [0.2, 0.25) is 0 Å². The van der Waals surface area contributed by atoms with Gasteiger partial charge in [0.05, 0.1) is 12.7 Å². The first kappa shape index (κ1) is 17.8. The number of thiazole rings is 1. The van der Waals surface area contributed by atoms with Crippen molar-refractivity contribution < 1.29 is 14.3 Å². The van der Waals surface area contributed by atoms with Gasteiger partial charge in [-0.1, -0.05) is 29.8 Å². The molecule has 1 aromatic carbocycles. The smallest absolute Gasteiger partial charge is 0.339 e. The van der Waals surface area contributed by atoms with E-state index < -0.39 is 5.97 Å². The number of aromatic nitrogens is 2. The summed E-state index contributed by atoms with van der Waals surface area (Å²) in [7, 11) is 1.29. The lowest BCUT2D eigenvalue weighted by Crippen LogP contribution is -2.14. The van der Waals surface area contributed by atoms with Crippen LogP contribution in [0.5, 0.6) is 0 Å². The lowest BCUT2D eigenvalue weighted by Gasteiger charge is -2.02. The van der Waals surface area contributed by atoms with Crippen LogP contribution in [0.1, 0.15) is 36.9 Å². The molecule has 0 aliphatic rings. The minimum Gasteiger partial charge on any atom is -0.465 e. The number of ether oxygens (including phenoxy) is 1. The molecule has 6 nitrogen and oxygen atoms in total. The average Bonchev–Trinajstić information content (AvgIpc) is 3.08. The molecule has 3 aromatic rings. The van der Waals surface area contributed by atoms with Gasteiger partial charge in [-0.25, -0.2) is 9.78 Å². The number of pyridine rings is 1. The summed E-state index contributed by atoms with van der Waals surface area (Å²) in [4.78, 5) is 32.9. The molecule has 0 fully saturated rings. The van der Waals surface area contributed by atoms with Crippen molar-refractivity contribution >= 4 is 28.3 Å². The van der Waals surface area contributed by atoms with E-state index in [-0.39, 0.29) is 11.6 Å². The first-order valence-electron chi connectivity index (χ1n) is 7.91. The van der Waals surface area contributed by atoms with Gasteiger partial charge in [0, 0.05) is 23.7 Å². The second-order valence-electron chi connectivity index (χ2n) is 5.68. The quantitative estimate of drug-likeness (QED) is 0.698. The first-order valence-corrected chi connectivity index (χ1v) is 8.73. The molecule has 0 saturated heterocycles. The SMILES string of the molecule is COC(=O)c1ccc(C(=O)Nc2ncc(Cc3cccc(C)c3)s2)nc1. The molecule has 0 atom stereocenters. The molecule has 2 aromatic heterocycles. The number of carbonyl (C=O) groups excluding carboxylic acids is 2. The predicted octanol–water partition coefficient (Wildman–Crippen LogP) is 3.48. The number of nitrogens with zero attached hydrogens (tertiary/aromatic N) is 2. The Balaban J connectivity index is 1.65. The summed E-state index contributed by atoms with van der Waals surface area (Å²) in [6.07, 6.45) is 3.84. The molecule has 3 rings (SSSR count). The molecular weight excluding hydrogens is 350 g/mol. The molecule has 0 bridgehead atoms. The van der Waals surface area contributed by atoms with E-state index in [1.165, 1.54) is 47.9 Å². The molecule has 0 unspecified atom stereocenters. The zero-order chi connectivity index (χ0) is 18.5. The summed E-state index contributed by atoms with van der Waals surface area (Å²) in [5, 5.41) is 3.24. The standard InChI is InChI=1S/C19H17N3O3S/c1-12-4-3-5-13(8-12)9-15-11-21-19(26-15)22-17(23)16-7-6-14(10-20-16)18(24)25-2/h3-8,10-11H,9H2,1-2H3,(H,21,22,23). The highest BCUT2D eigenvalue weighted by Crippen LogP contribution is 2.22. The first-order chi connectivity index (χ1) is 12.5. The molecule has 2 heterocycles. The number of aryl methyl sites for hydroxylation is 1. The number of benzene rings is 1. The van der Waals surface area contributed by atoms with Gasteiger partial charge in [0.15, 0.2) is 5.13 Å². The Bertz CT molecular complexity index is 935. The lowest BCUT2D eigenvalue weighted by atomic mass is 10.1. The van der Waals surface area contributed by atoms with E-state index in [1.54, 1.807) is 6.20 Å². The second-order valence-corrected chi connectivity index (χ2v) is 6.79. The molecule has 0 saturated carbocycles. The van der Waals surface area contributed by atoms with E-state index in [4.69, 9.17) is 0 Å². The number of rotatable bonds is 5. The summed E-state index contributed by atoms with van der Waals surface area (Å²) >= 11 is 1.42. The Morgan fingerprint density at radius 1 is 1.15 bits per heavy atom. The van der Waals surface area contributed by atoms with Crippen LogP contribution < -0.4 is 5.32 Å². The van der Waals surface area contributed by atoms with Crippen molar-refractivity contribution in [2.45, 2.75) is 13.3 Å². The Labute approximate surface area is 154 Å². The van der Waals surface area contributed by atoms with Gasteiger partial charge in [0.1, 0.15) is 5.69 Å². The monoisotopic (exact) mass is 367 g/mol. The highest BCUT2D eigenvalue weighted by molar-refractivity contribution is 7.15. The van der Waals surface area contributed by atoms with Gasteiger partial charge < -0.3 is 4.74 Å². The van der Waals surface area contributed by atoms with Crippen molar-refractivity contribution in [3.8, 4) is 0 Å². The Morgan fingerprint density at radius 2 is 2.00 bits per heavy atom.